The minimum absolute atomic E-state index is 0.0720. The monoisotopic (exact) mass is 424 g/mol. The van der Waals surface area contributed by atoms with E-state index in [0.717, 1.165) is 22.6 Å². The van der Waals surface area contributed by atoms with Gasteiger partial charge in [0.05, 0.1) is 32.0 Å². The quantitative estimate of drug-likeness (QED) is 0.594. The Labute approximate surface area is 180 Å². The van der Waals surface area contributed by atoms with E-state index in [1.54, 1.807) is 36.4 Å². The topological polar surface area (TPSA) is 83.4 Å². The number of ether oxygens (including phenoxy) is 1. The van der Waals surface area contributed by atoms with Crippen molar-refractivity contribution in [3.05, 3.63) is 70.6 Å². The van der Waals surface area contributed by atoms with Gasteiger partial charge in [0.15, 0.2) is 11.6 Å². The number of carbonyl (C=O) groups excluding carboxylic acids is 1. The summed E-state index contributed by atoms with van der Waals surface area (Å²) in [7, 11) is 3.18. The number of likely N-dealkylation sites (N-methyl/N-ethyl adjacent to an activating group) is 1. The fourth-order valence-corrected chi connectivity index (χ4v) is 3.48. The van der Waals surface area contributed by atoms with Crippen LogP contribution in [0.25, 0.3) is 0 Å². The summed E-state index contributed by atoms with van der Waals surface area (Å²) in [6.45, 7) is 4.61. The molecule has 0 aliphatic heterocycles. The van der Waals surface area contributed by atoms with Crippen molar-refractivity contribution in [3.8, 4) is 11.8 Å². The Bertz CT molecular complexity index is 1110. The highest BCUT2D eigenvalue weighted by molar-refractivity contribution is 5.93. The number of anilines is 1. The van der Waals surface area contributed by atoms with Crippen molar-refractivity contribution < 1.29 is 18.3 Å². The number of nitrogens with one attached hydrogen (secondary N) is 1. The molecule has 1 N–H and O–H groups in total. The van der Waals surface area contributed by atoms with Gasteiger partial charge in [0.25, 0.3) is 0 Å². The molecule has 31 heavy (non-hydrogen) atoms. The number of carbonyl (C=O) groups is 1. The predicted molar refractivity (Wildman–Crippen MR) is 114 cm³/mol. The summed E-state index contributed by atoms with van der Waals surface area (Å²) in [5.41, 5.74) is 2.84. The average Bonchev–Trinajstić information content (AvgIpc) is 3.31. The van der Waals surface area contributed by atoms with Gasteiger partial charge < -0.3 is 19.0 Å². The molecule has 3 aromatic rings. The van der Waals surface area contributed by atoms with E-state index >= 15 is 0 Å². The fourth-order valence-electron chi connectivity index (χ4n) is 3.48. The number of benzene rings is 1. The summed E-state index contributed by atoms with van der Waals surface area (Å²) >= 11 is 0. The molecule has 2 aromatic heterocycles. The van der Waals surface area contributed by atoms with E-state index in [2.05, 4.69) is 11.4 Å². The normalized spacial score (nSPS) is 10.9. The van der Waals surface area contributed by atoms with E-state index < -0.39 is 5.82 Å². The van der Waals surface area contributed by atoms with Crippen molar-refractivity contribution in [2.24, 2.45) is 0 Å². The lowest BCUT2D eigenvalue weighted by atomic mass is 10.2. The second kappa shape index (κ2) is 9.49. The first kappa shape index (κ1) is 22.1. The maximum absolute atomic E-state index is 13.9. The van der Waals surface area contributed by atoms with Crippen molar-refractivity contribution in [2.75, 3.05) is 26.0 Å². The summed E-state index contributed by atoms with van der Waals surface area (Å²) < 4.78 is 26.1. The van der Waals surface area contributed by atoms with Crippen molar-refractivity contribution in [1.29, 1.82) is 5.26 Å². The third-order valence-corrected chi connectivity index (χ3v) is 5.18. The molecular formula is C23H25FN4O3. The fraction of sp³-hybridized carbons (Fsp3) is 0.304. The van der Waals surface area contributed by atoms with E-state index in [0.29, 0.717) is 24.5 Å². The highest BCUT2D eigenvalue weighted by atomic mass is 19.1. The molecule has 0 radical (unpaired) electrons. The minimum atomic E-state index is -0.446. The Morgan fingerprint density at radius 1 is 1.35 bits per heavy atom. The van der Waals surface area contributed by atoms with Crippen LogP contribution in [0.1, 0.15) is 28.1 Å². The van der Waals surface area contributed by atoms with Crippen LogP contribution >= 0.6 is 0 Å². The first-order chi connectivity index (χ1) is 14.8. The maximum Gasteiger partial charge on any atom is 0.239 e. The summed E-state index contributed by atoms with van der Waals surface area (Å²) in [5, 5.41) is 12.5. The number of rotatable bonds is 8. The Balaban J connectivity index is 1.73. The second-order valence-electron chi connectivity index (χ2n) is 7.40. The van der Waals surface area contributed by atoms with Gasteiger partial charge in [-0.05, 0) is 56.3 Å². The highest BCUT2D eigenvalue weighted by Crippen LogP contribution is 2.27. The van der Waals surface area contributed by atoms with E-state index in [1.165, 1.54) is 13.2 Å². The highest BCUT2D eigenvalue weighted by Gasteiger charge is 2.21. The summed E-state index contributed by atoms with van der Waals surface area (Å²) in [6.07, 6.45) is 1.58. The lowest BCUT2D eigenvalue weighted by molar-refractivity contribution is -0.117. The Kier molecular flexibility index (Phi) is 6.78. The van der Waals surface area contributed by atoms with Crippen LogP contribution < -0.4 is 10.1 Å². The second-order valence-corrected chi connectivity index (χ2v) is 7.40. The van der Waals surface area contributed by atoms with Crippen LogP contribution in [0.3, 0.4) is 0 Å². The number of halogens is 1. The van der Waals surface area contributed by atoms with Crippen LogP contribution in [0.4, 0.5) is 10.2 Å². The van der Waals surface area contributed by atoms with E-state index in [9.17, 15) is 14.4 Å². The standard InChI is InChI=1S/C23H25FN4O3/c1-15-16(2)28(13-18-6-5-9-31-18)23(19(15)11-25)26-22(29)14-27(3)12-17-7-8-21(30-4)20(24)10-17/h5-10H,12-14H2,1-4H3,(H,26,29). The molecule has 0 saturated carbocycles. The van der Waals surface area contributed by atoms with Crippen LogP contribution in [0.5, 0.6) is 5.75 Å². The smallest absolute Gasteiger partial charge is 0.239 e. The molecule has 7 nitrogen and oxygen atoms in total. The van der Waals surface area contributed by atoms with Gasteiger partial charge in [-0.2, -0.15) is 5.26 Å². The zero-order valence-electron chi connectivity index (χ0n) is 18.0. The van der Waals surface area contributed by atoms with Crippen molar-refractivity contribution >= 4 is 11.7 Å². The largest absolute Gasteiger partial charge is 0.494 e. The van der Waals surface area contributed by atoms with Gasteiger partial charge in [-0.3, -0.25) is 9.69 Å². The molecule has 0 atom stereocenters. The Morgan fingerprint density at radius 3 is 2.74 bits per heavy atom. The zero-order chi connectivity index (χ0) is 22.5. The SMILES string of the molecule is COc1ccc(CN(C)CC(=O)Nc2c(C#N)c(C)c(C)n2Cc2ccco2)cc1F. The van der Waals surface area contributed by atoms with Gasteiger partial charge in [-0.25, -0.2) is 4.39 Å². The van der Waals surface area contributed by atoms with Gasteiger partial charge in [0, 0.05) is 12.2 Å². The number of furan rings is 1. The molecule has 0 aliphatic carbocycles. The minimum Gasteiger partial charge on any atom is -0.494 e. The summed E-state index contributed by atoms with van der Waals surface area (Å²) in [5.74, 6) is 0.625. The van der Waals surface area contributed by atoms with Crippen LogP contribution in [0, 0.1) is 31.0 Å². The van der Waals surface area contributed by atoms with Crippen molar-refractivity contribution in [2.45, 2.75) is 26.9 Å². The molecule has 3 rings (SSSR count). The van der Waals surface area contributed by atoms with E-state index in [-0.39, 0.29) is 18.2 Å². The number of amides is 1. The van der Waals surface area contributed by atoms with E-state index in [4.69, 9.17) is 9.15 Å². The average molecular weight is 424 g/mol. The van der Waals surface area contributed by atoms with Gasteiger partial charge in [0.2, 0.25) is 5.91 Å². The number of nitrogens with zero attached hydrogens (tertiary/aromatic N) is 3. The first-order valence-electron chi connectivity index (χ1n) is 9.77. The third kappa shape index (κ3) is 4.95. The van der Waals surface area contributed by atoms with E-state index in [1.807, 2.05) is 24.5 Å². The third-order valence-electron chi connectivity index (χ3n) is 5.18. The van der Waals surface area contributed by atoms with Gasteiger partial charge in [0.1, 0.15) is 17.6 Å². The molecule has 0 saturated heterocycles. The summed E-state index contributed by atoms with van der Waals surface area (Å²) in [4.78, 5) is 14.5. The lowest BCUT2D eigenvalue weighted by Crippen LogP contribution is -2.30. The molecule has 0 fully saturated rings. The van der Waals surface area contributed by atoms with Crippen LogP contribution in [-0.4, -0.2) is 36.1 Å². The zero-order valence-corrected chi connectivity index (χ0v) is 18.0. The van der Waals surface area contributed by atoms with Crippen LogP contribution in [0.2, 0.25) is 0 Å². The first-order valence-corrected chi connectivity index (χ1v) is 9.77. The molecule has 0 spiro atoms. The maximum atomic E-state index is 13.9. The molecule has 8 heteroatoms. The predicted octanol–water partition coefficient (Wildman–Crippen LogP) is 3.84. The van der Waals surface area contributed by atoms with Crippen LogP contribution in [-0.2, 0) is 17.9 Å². The van der Waals surface area contributed by atoms with Gasteiger partial charge in [-0.1, -0.05) is 6.07 Å². The Morgan fingerprint density at radius 2 is 2.13 bits per heavy atom. The number of nitriles is 1. The van der Waals surface area contributed by atoms with Gasteiger partial charge >= 0.3 is 0 Å². The molecule has 162 valence electrons. The number of methoxy groups -OCH3 is 1. The van der Waals surface area contributed by atoms with Crippen LogP contribution in [0.15, 0.2) is 41.0 Å². The molecule has 1 aromatic carbocycles. The molecule has 0 unspecified atom stereocenters. The number of hydrogen-bond acceptors (Lipinski definition) is 5. The molecule has 0 bridgehead atoms. The Hall–Kier alpha value is -3.57. The molecule has 1 amide bonds. The number of hydrogen-bond donors (Lipinski definition) is 1. The lowest BCUT2D eigenvalue weighted by Gasteiger charge is -2.18. The molecule has 0 aliphatic rings. The molecule has 2 heterocycles. The summed E-state index contributed by atoms with van der Waals surface area (Å²) in [6, 6.07) is 10.5. The molecular weight excluding hydrogens is 399 g/mol. The number of aromatic nitrogens is 1. The van der Waals surface area contributed by atoms with Crippen molar-refractivity contribution in [1.82, 2.24) is 9.47 Å². The van der Waals surface area contributed by atoms with Gasteiger partial charge in [-0.15, -0.1) is 0 Å². The van der Waals surface area contributed by atoms with Crippen molar-refractivity contribution in [3.63, 3.8) is 0 Å².